The van der Waals surface area contributed by atoms with Crippen LogP contribution in [0.2, 0.25) is 0 Å². The molecule has 186 valence electrons. The van der Waals surface area contributed by atoms with Crippen LogP contribution in [-0.4, -0.2) is 53.1 Å². The number of hydrogen-bond acceptors (Lipinski definition) is 5. The molecule has 0 spiro atoms. The molecule has 0 amide bonds. The highest BCUT2D eigenvalue weighted by molar-refractivity contribution is 4.81. The minimum absolute atomic E-state index is 0.164. The molecule has 1 heterocycles. The first-order valence-corrected chi connectivity index (χ1v) is 13.4. The fourth-order valence-electron chi connectivity index (χ4n) is 4.49. The third kappa shape index (κ3) is 13.8. The number of aliphatic hydroxyl groups excluding tert-OH is 3. The van der Waals surface area contributed by atoms with Gasteiger partial charge < -0.3 is 24.8 Å². The Kier molecular flexibility index (Phi) is 17.9. The number of rotatable bonds is 20. The third-order valence-corrected chi connectivity index (χ3v) is 6.64. The lowest BCUT2D eigenvalue weighted by atomic mass is 9.94. The van der Waals surface area contributed by atoms with E-state index < -0.39 is 24.6 Å². The Hall–Kier alpha value is -0.200. The molecule has 1 aliphatic heterocycles. The Balaban J connectivity index is 2.34. The molecule has 0 aromatic heterocycles. The van der Waals surface area contributed by atoms with Crippen molar-refractivity contribution in [1.29, 1.82) is 0 Å². The summed E-state index contributed by atoms with van der Waals surface area (Å²) in [5, 5.41) is 29.6. The lowest BCUT2D eigenvalue weighted by molar-refractivity contribution is -0.274. The van der Waals surface area contributed by atoms with Crippen LogP contribution < -0.4 is 0 Å². The van der Waals surface area contributed by atoms with Crippen molar-refractivity contribution in [2.24, 2.45) is 5.92 Å². The van der Waals surface area contributed by atoms with E-state index in [9.17, 15) is 15.3 Å². The van der Waals surface area contributed by atoms with Gasteiger partial charge in [0.05, 0.1) is 25.4 Å². The molecule has 1 fully saturated rings. The first-order valence-electron chi connectivity index (χ1n) is 13.4. The fraction of sp³-hybridized carbons (Fsp3) is 1.00. The van der Waals surface area contributed by atoms with Crippen LogP contribution in [0.15, 0.2) is 0 Å². The van der Waals surface area contributed by atoms with Crippen LogP contribution in [0.1, 0.15) is 123 Å². The minimum Gasteiger partial charge on any atom is -0.394 e. The van der Waals surface area contributed by atoms with E-state index >= 15 is 0 Å². The molecule has 0 saturated carbocycles. The molecule has 0 aromatic rings. The van der Waals surface area contributed by atoms with Crippen molar-refractivity contribution in [2.75, 3.05) is 13.2 Å². The van der Waals surface area contributed by atoms with Gasteiger partial charge in [-0.2, -0.15) is 0 Å². The van der Waals surface area contributed by atoms with Gasteiger partial charge in [-0.25, -0.2) is 0 Å². The van der Waals surface area contributed by atoms with Crippen molar-refractivity contribution in [3.8, 4) is 0 Å². The van der Waals surface area contributed by atoms with Crippen LogP contribution >= 0.6 is 0 Å². The smallest absolute Gasteiger partial charge is 0.186 e. The molecule has 5 nitrogen and oxygen atoms in total. The molecule has 1 aliphatic rings. The van der Waals surface area contributed by atoms with Gasteiger partial charge in [0.15, 0.2) is 6.29 Å². The first-order chi connectivity index (χ1) is 15.1. The van der Waals surface area contributed by atoms with E-state index in [1.807, 2.05) is 0 Å². The second-order valence-corrected chi connectivity index (χ2v) is 9.62. The topological polar surface area (TPSA) is 79.2 Å². The highest BCUT2D eigenvalue weighted by Crippen LogP contribution is 2.25. The van der Waals surface area contributed by atoms with Crippen LogP contribution in [0, 0.1) is 5.92 Å². The van der Waals surface area contributed by atoms with Crippen LogP contribution in [0.25, 0.3) is 0 Å². The molecule has 1 rings (SSSR count). The predicted octanol–water partition coefficient (Wildman–Crippen LogP) is 5.73. The van der Waals surface area contributed by atoms with E-state index in [1.54, 1.807) is 0 Å². The van der Waals surface area contributed by atoms with Gasteiger partial charge in [0, 0.05) is 6.42 Å². The summed E-state index contributed by atoms with van der Waals surface area (Å²) in [7, 11) is 0. The maximum Gasteiger partial charge on any atom is 0.186 e. The normalized spacial score (nSPS) is 25.1. The van der Waals surface area contributed by atoms with Gasteiger partial charge in [-0.1, -0.05) is 104 Å². The maximum atomic E-state index is 10.2. The Morgan fingerprint density at radius 3 is 1.74 bits per heavy atom. The van der Waals surface area contributed by atoms with Crippen molar-refractivity contribution in [2.45, 2.75) is 148 Å². The molecule has 0 aromatic carbocycles. The molecule has 3 N–H and O–H groups in total. The lowest BCUT2D eigenvalue weighted by Gasteiger charge is -2.36. The summed E-state index contributed by atoms with van der Waals surface area (Å²) < 4.78 is 11.6. The second kappa shape index (κ2) is 19.3. The maximum absolute atomic E-state index is 10.2. The largest absolute Gasteiger partial charge is 0.394 e. The molecular formula is C26H52O5. The van der Waals surface area contributed by atoms with E-state index in [0.717, 1.165) is 12.8 Å². The Morgan fingerprint density at radius 1 is 0.774 bits per heavy atom. The van der Waals surface area contributed by atoms with E-state index in [0.29, 0.717) is 12.5 Å². The molecule has 5 heteroatoms. The summed E-state index contributed by atoms with van der Waals surface area (Å²) in [5.41, 5.74) is 0. The molecule has 31 heavy (non-hydrogen) atoms. The zero-order valence-corrected chi connectivity index (χ0v) is 20.5. The van der Waals surface area contributed by atoms with Gasteiger partial charge in [-0.15, -0.1) is 0 Å². The predicted molar refractivity (Wildman–Crippen MR) is 127 cm³/mol. The SMILES string of the molecule is CCCCCCCCCCC(CCCCCCCC)COC1OC(CO)CC(O)C1O. The van der Waals surface area contributed by atoms with Crippen LogP contribution in [0.3, 0.4) is 0 Å². The molecular weight excluding hydrogens is 392 g/mol. The summed E-state index contributed by atoms with van der Waals surface area (Å²) >= 11 is 0. The summed E-state index contributed by atoms with van der Waals surface area (Å²) in [4.78, 5) is 0. The monoisotopic (exact) mass is 444 g/mol. The van der Waals surface area contributed by atoms with E-state index in [1.165, 1.54) is 89.9 Å². The minimum atomic E-state index is -1.04. The number of aliphatic hydroxyl groups is 3. The molecule has 5 atom stereocenters. The first kappa shape index (κ1) is 28.8. The summed E-state index contributed by atoms with van der Waals surface area (Å²) in [6.07, 6.45) is 17.6. The zero-order valence-electron chi connectivity index (χ0n) is 20.5. The molecule has 1 saturated heterocycles. The van der Waals surface area contributed by atoms with Crippen molar-refractivity contribution >= 4 is 0 Å². The van der Waals surface area contributed by atoms with Crippen molar-refractivity contribution < 1.29 is 24.8 Å². The number of hydrogen-bond donors (Lipinski definition) is 3. The highest BCUT2D eigenvalue weighted by Gasteiger charge is 2.37. The van der Waals surface area contributed by atoms with Crippen molar-refractivity contribution in [3.05, 3.63) is 0 Å². The van der Waals surface area contributed by atoms with Crippen molar-refractivity contribution in [3.63, 3.8) is 0 Å². The van der Waals surface area contributed by atoms with Gasteiger partial charge in [0.2, 0.25) is 0 Å². The Bertz CT molecular complexity index is 392. The average Bonchev–Trinajstić information content (AvgIpc) is 2.77. The zero-order chi connectivity index (χ0) is 22.7. The third-order valence-electron chi connectivity index (χ3n) is 6.64. The average molecular weight is 445 g/mol. The highest BCUT2D eigenvalue weighted by atomic mass is 16.7. The van der Waals surface area contributed by atoms with E-state index in [2.05, 4.69) is 13.8 Å². The summed E-state index contributed by atoms with van der Waals surface area (Å²) in [5.74, 6) is 0.466. The van der Waals surface area contributed by atoms with Crippen LogP contribution in [0.4, 0.5) is 0 Å². The van der Waals surface area contributed by atoms with E-state index in [4.69, 9.17) is 9.47 Å². The molecule has 5 unspecified atom stereocenters. The van der Waals surface area contributed by atoms with Gasteiger partial charge >= 0.3 is 0 Å². The standard InChI is InChI=1S/C26H52O5/c1-3-5-7-9-11-12-14-16-18-22(17-15-13-10-8-6-4-2)21-30-26-25(29)24(28)19-23(20-27)31-26/h22-29H,3-21H2,1-2H3. The quantitative estimate of drug-likeness (QED) is 0.209. The second-order valence-electron chi connectivity index (χ2n) is 9.62. The van der Waals surface area contributed by atoms with Crippen LogP contribution in [0.5, 0.6) is 0 Å². The molecule has 0 radical (unpaired) electrons. The Labute approximate surface area is 191 Å². The van der Waals surface area contributed by atoms with E-state index in [-0.39, 0.29) is 13.0 Å². The van der Waals surface area contributed by atoms with Crippen molar-refractivity contribution in [1.82, 2.24) is 0 Å². The summed E-state index contributed by atoms with van der Waals surface area (Å²) in [6, 6.07) is 0. The number of ether oxygens (including phenoxy) is 2. The Morgan fingerprint density at radius 2 is 1.26 bits per heavy atom. The van der Waals surface area contributed by atoms with Gasteiger partial charge in [0.25, 0.3) is 0 Å². The lowest BCUT2D eigenvalue weighted by Crippen LogP contribution is -2.50. The molecule has 0 bridgehead atoms. The van der Waals surface area contributed by atoms with Gasteiger partial charge in [0.1, 0.15) is 6.10 Å². The van der Waals surface area contributed by atoms with Gasteiger partial charge in [-0.05, 0) is 18.8 Å². The number of unbranched alkanes of at least 4 members (excludes halogenated alkanes) is 12. The fourth-order valence-corrected chi connectivity index (χ4v) is 4.49. The molecule has 0 aliphatic carbocycles. The summed E-state index contributed by atoms with van der Waals surface area (Å²) in [6.45, 7) is 4.90. The van der Waals surface area contributed by atoms with Crippen LogP contribution in [-0.2, 0) is 9.47 Å². The van der Waals surface area contributed by atoms with Gasteiger partial charge in [-0.3, -0.25) is 0 Å².